The summed E-state index contributed by atoms with van der Waals surface area (Å²) in [6.07, 6.45) is 11.0. The van der Waals surface area contributed by atoms with Crippen LogP contribution < -0.4 is 0 Å². The van der Waals surface area contributed by atoms with Crippen LogP contribution in [-0.2, 0) is 6.42 Å². The van der Waals surface area contributed by atoms with E-state index in [-0.39, 0.29) is 0 Å². The standard InChI is InChI=1S/C14H17/c1-4-5-6-7-8-14-11-12(2)9-10-13(14)3/h9-11H,5-8H2,2-3H3. The molecule has 0 spiro atoms. The predicted octanol–water partition coefficient (Wildman–Crippen LogP) is 3.61. The minimum atomic E-state index is 0.796. The Morgan fingerprint density at radius 1 is 1.21 bits per heavy atom. The maximum Gasteiger partial charge on any atom is 0.00990 e. The maximum absolute atomic E-state index is 6.81. The summed E-state index contributed by atoms with van der Waals surface area (Å²) >= 11 is 0. The van der Waals surface area contributed by atoms with E-state index in [2.05, 4.69) is 38.0 Å². The Hall–Kier alpha value is -1.22. The van der Waals surface area contributed by atoms with Crippen molar-refractivity contribution in [3.63, 3.8) is 0 Å². The monoisotopic (exact) mass is 185 g/mol. The Morgan fingerprint density at radius 3 is 2.71 bits per heavy atom. The van der Waals surface area contributed by atoms with Gasteiger partial charge in [0.05, 0.1) is 0 Å². The first-order valence-corrected chi connectivity index (χ1v) is 5.20. The van der Waals surface area contributed by atoms with Crippen molar-refractivity contribution < 1.29 is 0 Å². The summed E-state index contributed by atoms with van der Waals surface area (Å²) in [5.41, 5.74) is 4.17. The molecule has 0 saturated carbocycles. The van der Waals surface area contributed by atoms with Crippen LogP contribution in [0.1, 0.15) is 36.0 Å². The molecule has 0 atom stereocenters. The fraction of sp³-hybridized carbons (Fsp3) is 0.429. The highest BCUT2D eigenvalue weighted by Gasteiger charge is 1.98. The second kappa shape index (κ2) is 5.50. The lowest BCUT2D eigenvalue weighted by Gasteiger charge is -2.06. The third-order valence-electron chi connectivity index (χ3n) is 2.50. The normalized spacial score (nSPS) is 9.79. The minimum Gasteiger partial charge on any atom is -0.0891 e. The van der Waals surface area contributed by atoms with Gasteiger partial charge in [-0.15, -0.1) is 0 Å². The summed E-state index contributed by atoms with van der Waals surface area (Å²) < 4.78 is 0. The molecular formula is C14H17. The fourth-order valence-electron chi connectivity index (χ4n) is 1.60. The summed E-state index contributed by atoms with van der Waals surface area (Å²) in [5, 5.41) is 0. The molecule has 0 saturated heterocycles. The van der Waals surface area contributed by atoms with E-state index in [1.807, 2.05) is 0 Å². The van der Waals surface area contributed by atoms with Gasteiger partial charge in [-0.05, 0) is 50.7 Å². The molecule has 1 aromatic rings. The van der Waals surface area contributed by atoms with Crippen molar-refractivity contribution in [2.45, 2.75) is 39.5 Å². The highest BCUT2D eigenvalue weighted by Crippen LogP contribution is 2.13. The highest BCUT2D eigenvalue weighted by molar-refractivity contribution is 5.30. The number of benzene rings is 1. The van der Waals surface area contributed by atoms with Crippen LogP contribution >= 0.6 is 0 Å². The molecule has 1 rings (SSSR count). The molecule has 0 nitrogen and oxygen atoms in total. The van der Waals surface area contributed by atoms with Gasteiger partial charge in [0.2, 0.25) is 0 Å². The SMILES string of the molecule is [C]#CCCCCc1cc(C)ccc1C. The molecule has 0 aliphatic rings. The maximum atomic E-state index is 6.81. The molecule has 1 radical (unpaired) electrons. The van der Waals surface area contributed by atoms with Gasteiger partial charge in [-0.25, -0.2) is 0 Å². The van der Waals surface area contributed by atoms with E-state index in [1.165, 1.54) is 16.7 Å². The van der Waals surface area contributed by atoms with Crippen LogP contribution in [-0.4, -0.2) is 0 Å². The van der Waals surface area contributed by atoms with Crippen molar-refractivity contribution in [2.75, 3.05) is 0 Å². The summed E-state index contributed by atoms with van der Waals surface area (Å²) in [4.78, 5) is 0. The third-order valence-corrected chi connectivity index (χ3v) is 2.50. The predicted molar refractivity (Wildman–Crippen MR) is 60.6 cm³/mol. The molecule has 14 heavy (non-hydrogen) atoms. The van der Waals surface area contributed by atoms with Crippen LogP contribution in [0.3, 0.4) is 0 Å². The lowest BCUT2D eigenvalue weighted by molar-refractivity contribution is 0.753. The Morgan fingerprint density at radius 2 is 2.00 bits per heavy atom. The molecule has 1 aromatic carbocycles. The van der Waals surface area contributed by atoms with Gasteiger partial charge < -0.3 is 0 Å². The van der Waals surface area contributed by atoms with E-state index in [0.717, 1.165) is 25.7 Å². The molecule has 0 N–H and O–H groups in total. The van der Waals surface area contributed by atoms with Gasteiger partial charge in [0, 0.05) is 6.42 Å². The summed E-state index contributed by atoms with van der Waals surface area (Å²) in [5.74, 6) is 2.43. The van der Waals surface area contributed by atoms with Crippen molar-refractivity contribution in [3.05, 3.63) is 41.3 Å². The topological polar surface area (TPSA) is 0 Å². The number of rotatable bonds is 4. The number of aryl methyl sites for hydroxylation is 3. The second-order valence-electron chi connectivity index (χ2n) is 3.81. The highest BCUT2D eigenvalue weighted by atomic mass is 14.0. The van der Waals surface area contributed by atoms with Crippen molar-refractivity contribution in [2.24, 2.45) is 0 Å². The molecule has 0 amide bonds. The summed E-state index contributed by atoms with van der Waals surface area (Å²) in [6.45, 7) is 4.30. The molecule has 73 valence electrons. The van der Waals surface area contributed by atoms with Gasteiger partial charge >= 0.3 is 0 Å². The lowest BCUT2D eigenvalue weighted by Crippen LogP contribution is -1.90. The van der Waals surface area contributed by atoms with Crippen molar-refractivity contribution in [3.8, 4) is 5.92 Å². The van der Waals surface area contributed by atoms with Gasteiger partial charge in [-0.2, -0.15) is 0 Å². The average molecular weight is 185 g/mol. The minimum absolute atomic E-state index is 0.796. The zero-order chi connectivity index (χ0) is 10.4. The van der Waals surface area contributed by atoms with E-state index in [1.54, 1.807) is 0 Å². The average Bonchev–Trinajstić information content (AvgIpc) is 2.18. The fourth-order valence-corrected chi connectivity index (χ4v) is 1.60. The van der Waals surface area contributed by atoms with Gasteiger partial charge in [-0.3, -0.25) is 0 Å². The molecule has 0 aliphatic carbocycles. The largest absolute Gasteiger partial charge is 0.0891 e. The molecule has 0 bridgehead atoms. The third kappa shape index (κ3) is 3.26. The quantitative estimate of drug-likeness (QED) is 0.496. The van der Waals surface area contributed by atoms with Crippen LogP contribution in [0.25, 0.3) is 0 Å². The zero-order valence-electron chi connectivity index (χ0n) is 9.06. The molecule has 0 aromatic heterocycles. The Kier molecular flexibility index (Phi) is 4.26. The van der Waals surface area contributed by atoms with Crippen LogP contribution in [0.4, 0.5) is 0 Å². The van der Waals surface area contributed by atoms with E-state index in [0.29, 0.717) is 0 Å². The molecule has 0 unspecified atom stereocenters. The summed E-state index contributed by atoms with van der Waals surface area (Å²) in [7, 11) is 0. The summed E-state index contributed by atoms with van der Waals surface area (Å²) in [6, 6.07) is 6.61. The van der Waals surface area contributed by atoms with Crippen LogP contribution in [0.15, 0.2) is 18.2 Å². The van der Waals surface area contributed by atoms with Crippen molar-refractivity contribution >= 4 is 0 Å². The van der Waals surface area contributed by atoms with Gasteiger partial charge in [0.1, 0.15) is 0 Å². The molecule has 0 heterocycles. The molecule has 0 fully saturated rings. The van der Waals surface area contributed by atoms with Crippen molar-refractivity contribution in [1.82, 2.24) is 0 Å². The zero-order valence-corrected chi connectivity index (χ0v) is 9.06. The first kappa shape index (κ1) is 10.9. The Balaban J connectivity index is 2.50. The van der Waals surface area contributed by atoms with E-state index in [4.69, 9.17) is 6.42 Å². The Labute approximate surface area is 87.4 Å². The van der Waals surface area contributed by atoms with Gasteiger partial charge in [0.15, 0.2) is 0 Å². The number of hydrogen-bond acceptors (Lipinski definition) is 0. The molecule has 0 heteroatoms. The first-order valence-electron chi connectivity index (χ1n) is 5.20. The molecular weight excluding hydrogens is 168 g/mol. The molecule has 0 aliphatic heterocycles. The number of unbranched alkanes of at least 4 members (excludes halogenated alkanes) is 2. The van der Waals surface area contributed by atoms with Crippen molar-refractivity contribution in [1.29, 1.82) is 0 Å². The van der Waals surface area contributed by atoms with Crippen LogP contribution in [0, 0.1) is 26.2 Å². The van der Waals surface area contributed by atoms with E-state index >= 15 is 0 Å². The first-order chi connectivity index (χ1) is 6.74. The van der Waals surface area contributed by atoms with Gasteiger partial charge in [0.25, 0.3) is 0 Å². The van der Waals surface area contributed by atoms with Crippen LogP contribution in [0.2, 0.25) is 0 Å². The second-order valence-corrected chi connectivity index (χ2v) is 3.81. The van der Waals surface area contributed by atoms with E-state index in [9.17, 15) is 0 Å². The van der Waals surface area contributed by atoms with Gasteiger partial charge in [-0.1, -0.05) is 29.7 Å². The Bertz CT molecular complexity index is 328. The van der Waals surface area contributed by atoms with Crippen LogP contribution in [0.5, 0.6) is 0 Å². The smallest absolute Gasteiger partial charge is 0.00990 e. The van der Waals surface area contributed by atoms with E-state index < -0.39 is 0 Å². The number of hydrogen-bond donors (Lipinski definition) is 0. The lowest BCUT2D eigenvalue weighted by atomic mass is 10.0.